The molecule has 2 heterocycles. The summed E-state index contributed by atoms with van der Waals surface area (Å²) in [5.74, 6) is 2.42. The average molecular weight is 567 g/mol. The van der Waals surface area contributed by atoms with Gasteiger partial charge in [0.1, 0.15) is 0 Å². The minimum Gasteiger partial charge on any atom is -0.481 e. The zero-order chi connectivity index (χ0) is 28.4. The number of thiazole rings is 1. The Balaban J connectivity index is 1.30. The number of hydrogen-bond acceptors (Lipinski definition) is 10. The minimum absolute atomic E-state index is 0.0206. The van der Waals surface area contributed by atoms with E-state index in [1.165, 1.54) is 19.3 Å². The summed E-state index contributed by atoms with van der Waals surface area (Å²) in [6.07, 6.45) is 3.63. The summed E-state index contributed by atoms with van der Waals surface area (Å²) < 4.78 is 1.07. The lowest BCUT2D eigenvalue weighted by molar-refractivity contribution is -0.140. The second-order valence-corrected chi connectivity index (χ2v) is 12.5. The quantitative estimate of drug-likeness (QED) is 0.288. The van der Waals surface area contributed by atoms with Crippen molar-refractivity contribution in [1.82, 2.24) is 24.8 Å². The van der Waals surface area contributed by atoms with Gasteiger partial charge in [-0.25, -0.2) is 4.98 Å². The summed E-state index contributed by atoms with van der Waals surface area (Å²) in [5.41, 5.74) is 4.04. The van der Waals surface area contributed by atoms with E-state index in [9.17, 15) is 9.59 Å². The van der Waals surface area contributed by atoms with Crippen molar-refractivity contribution in [3.8, 4) is 0 Å². The van der Waals surface area contributed by atoms with Crippen LogP contribution < -0.4 is 15.5 Å². The molecule has 3 aliphatic carbocycles. The molecule has 6 rings (SSSR count). The molecule has 0 aliphatic heterocycles. The number of carboxylic acids is 1. The summed E-state index contributed by atoms with van der Waals surface area (Å²) in [6, 6.07) is 5.95. The molecule has 2 aromatic heterocycles. The van der Waals surface area contributed by atoms with Crippen molar-refractivity contribution in [1.29, 1.82) is 0 Å². The van der Waals surface area contributed by atoms with Crippen molar-refractivity contribution < 1.29 is 14.7 Å². The first-order valence-corrected chi connectivity index (χ1v) is 14.7. The summed E-state index contributed by atoms with van der Waals surface area (Å²) in [6.45, 7) is 6.51. The lowest BCUT2D eigenvalue weighted by Gasteiger charge is -2.60. The number of amides is 1. The Hall–Kier alpha value is -3.54. The molecule has 40 heavy (non-hydrogen) atoms. The van der Waals surface area contributed by atoms with E-state index in [1.54, 1.807) is 23.3 Å². The predicted molar refractivity (Wildman–Crippen MR) is 157 cm³/mol. The number of carbonyl (C=O) groups is 2. The number of aliphatic carboxylic acids is 1. The maximum Gasteiger partial charge on any atom is 0.303 e. The first kappa shape index (κ1) is 28.0. The van der Waals surface area contributed by atoms with Crippen molar-refractivity contribution in [2.24, 2.45) is 23.2 Å². The van der Waals surface area contributed by atoms with Gasteiger partial charge < -0.3 is 25.5 Å². The molecule has 2 bridgehead atoms. The predicted octanol–water partition coefficient (Wildman–Crippen LogP) is 4.47. The van der Waals surface area contributed by atoms with Crippen molar-refractivity contribution in [2.75, 3.05) is 49.3 Å². The summed E-state index contributed by atoms with van der Waals surface area (Å²) in [4.78, 5) is 45.0. The van der Waals surface area contributed by atoms with E-state index in [0.717, 1.165) is 34.3 Å². The molecule has 1 aromatic carbocycles. The number of aromatic nitrogens is 4. The van der Waals surface area contributed by atoms with E-state index in [2.05, 4.69) is 34.4 Å². The molecule has 3 fully saturated rings. The number of benzene rings is 1. The monoisotopic (exact) mass is 566 g/mol. The molecule has 3 aromatic rings. The number of nitrogens with one attached hydrogen (secondary N) is 2. The fourth-order valence-electron chi connectivity index (χ4n) is 6.09. The molecule has 3 unspecified atom stereocenters. The van der Waals surface area contributed by atoms with Crippen LogP contribution in [0.25, 0.3) is 10.2 Å². The third kappa shape index (κ3) is 6.11. The molecule has 3 saturated carbocycles. The smallest absolute Gasteiger partial charge is 0.303 e. The number of carboxylic acid groups (broad SMARTS) is 1. The third-order valence-electron chi connectivity index (χ3n) is 8.83. The van der Waals surface area contributed by atoms with Crippen LogP contribution in [-0.4, -0.2) is 75.5 Å². The largest absolute Gasteiger partial charge is 0.481 e. The number of hydrogen-bond donors (Lipinski definition) is 3. The lowest BCUT2D eigenvalue weighted by Crippen LogP contribution is -2.53. The Morgan fingerprint density at radius 3 is 2.65 bits per heavy atom. The minimum atomic E-state index is -0.979. The number of nitrogens with zero attached hydrogens (tertiary/aromatic N) is 6. The van der Waals surface area contributed by atoms with Gasteiger partial charge in [-0.3, -0.25) is 9.59 Å². The van der Waals surface area contributed by atoms with Crippen LogP contribution in [-0.2, 0) is 9.59 Å². The van der Waals surface area contributed by atoms with E-state index in [4.69, 9.17) is 15.1 Å². The maximum atomic E-state index is 12.3. The van der Waals surface area contributed by atoms with Crippen LogP contribution in [0.15, 0.2) is 23.7 Å². The van der Waals surface area contributed by atoms with Gasteiger partial charge in [0, 0.05) is 45.8 Å². The SMILES string of the molecule is CN(CCN(C)c1nc(NCC2CCC3CC2C3(C)C)nc(Nc2ccc3ncsc3c2)n1)C(=O)CCC(=O)O. The normalized spacial score (nSPS) is 20.9. The van der Waals surface area contributed by atoms with Crippen molar-refractivity contribution in [3.63, 3.8) is 0 Å². The van der Waals surface area contributed by atoms with Crippen LogP contribution in [0.2, 0.25) is 0 Å². The van der Waals surface area contributed by atoms with Crippen LogP contribution in [0.1, 0.15) is 46.0 Å². The number of likely N-dealkylation sites (N-methyl/N-ethyl adjacent to an activating group) is 2. The zero-order valence-corrected chi connectivity index (χ0v) is 24.4. The molecule has 3 N–H and O–H groups in total. The molecule has 0 saturated heterocycles. The third-order valence-corrected chi connectivity index (χ3v) is 9.62. The molecule has 3 atom stereocenters. The van der Waals surface area contributed by atoms with Crippen LogP contribution in [0.5, 0.6) is 0 Å². The number of carbonyl (C=O) groups excluding carboxylic acids is 1. The van der Waals surface area contributed by atoms with Crippen LogP contribution in [0.4, 0.5) is 23.5 Å². The molecule has 3 aliphatic rings. The second kappa shape index (κ2) is 11.5. The molecule has 0 spiro atoms. The van der Waals surface area contributed by atoms with Gasteiger partial charge in [0.25, 0.3) is 0 Å². The van der Waals surface area contributed by atoms with Crippen LogP contribution >= 0.6 is 11.3 Å². The van der Waals surface area contributed by atoms with E-state index >= 15 is 0 Å². The van der Waals surface area contributed by atoms with E-state index in [0.29, 0.717) is 42.3 Å². The van der Waals surface area contributed by atoms with Gasteiger partial charge in [0.2, 0.25) is 23.8 Å². The first-order valence-electron chi connectivity index (χ1n) is 13.9. The van der Waals surface area contributed by atoms with Gasteiger partial charge >= 0.3 is 5.97 Å². The molecule has 214 valence electrons. The summed E-state index contributed by atoms with van der Waals surface area (Å²) in [7, 11) is 3.55. The summed E-state index contributed by atoms with van der Waals surface area (Å²) >= 11 is 1.58. The van der Waals surface area contributed by atoms with Gasteiger partial charge in [-0.05, 0) is 60.6 Å². The van der Waals surface area contributed by atoms with Gasteiger partial charge in [0.05, 0.1) is 22.1 Å². The fourth-order valence-corrected chi connectivity index (χ4v) is 6.81. The highest BCUT2D eigenvalue weighted by Crippen LogP contribution is 2.61. The molecular formula is C28H38N8O3S. The highest BCUT2D eigenvalue weighted by atomic mass is 32.1. The van der Waals surface area contributed by atoms with Gasteiger partial charge in [-0.15, -0.1) is 11.3 Å². The Morgan fingerprint density at radius 1 is 1.10 bits per heavy atom. The molecular weight excluding hydrogens is 528 g/mol. The number of fused-ring (bicyclic) bond motifs is 3. The first-order chi connectivity index (χ1) is 19.1. The van der Waals surface area contributed by atoms with Crippen LogP contribution in [0.3, 0.4) is 0 Å². The van der Waals surface area contributed by atoms with Crippen molar-refractivity contribution in [3.05, 3.63) is 23.7 Å². The van der Waals surface area contributed by atoms with E-state index in [1.807, 2.05) is 35.7 Å². The van der Waals surface area contributed by atoms with Crippen LogP contribution in [0, 0.1) is 23.2 Å². The maximum absolute atomic E-state index is 12.3. The highest BCUT2D eigenvalue weighted by molar-refractivity contribution is 7.16. The topological polar surface area (TPSA) is 136 Å². The molecule has 1 amide bonds. The van der Waals surface area contributed by atoms with Gasteiger partial charge in [0.15, 0.2) is 0 Å². The molecule has 12 heteroatoms. The Labute approximate surface area is 238 Å². The Bertz CT molecular complexity index is 1380. The van der Waals surface area contributed by atoms with E-state index in [-0.39, 0.29) is 18.7 Å². The standard InChI is InChI=1S/C28H38N8O3S/c1-28(2)18-6-5-17(20(28)13-18)15-29-25-32-26(31-19-7-8-21-22(14-19)40-16-30-21)34-27(33-25)36(4)12-11-35(3)23(37)9-10-24(38)39/h7-8,14,16-18,20H,5-6,9-13,15H2,1-4H3,(H,38,39)(H2,29,31,32,33,34). The molecule has 11 nitrogen and oxygen atoms in total. The highest BCUT2D eigenvalue weighted by Gasteiger charge is 2.53. The van der Waals surface area contributed by atoms with Crippen molar-refractivity contribution >= 4 is 57.0 Å². The summed E-state index contributed by atoms with van der Waals surface area (Å²) in [5, 5.41) is 15.7. The van der Waals surface area contributed by atoms with E-state index < -0.39 is 5.97 Å². The lowest BCUT2D eigenvalue weighted by atomic mass is 9.45. The average Bonchev–Trinajstić information content (AvgIpc) is 3.41. The number of anilines is 4. The fraction of sp³-hybridized carbons (Fsp3) is 0.571. The Kier molecular flexibility index (Phi) is 8.07. The van der Waals surface area contributed by atoms with Crippen molar-refractivity contribution in [2.45, 2.75) is 46.0 Å². The second-order valence-electron chi connectivity index (χ2n) is 11.7. The molecule has 0 radical (unpaired) electrons. The van der Waals surface area contributed by atoms with Gasteiger partial charge in [-0.2, -0.15) is 15.0 Å². The van der Waals surface area contributed by atoms with Gasteiger partial charge in [-0.1, -0.05) is 13.8 Å². The zero-order valence-electron chi connectivity index (χ0n) is 23.6. The number of rotatable bonds is 12. The Morgan fingerprint density at radius 2 is 1.90 bits per heavy atom.